The number of hydrogen-bond donors (Lipinski definition) is 0. The van der Waals surface area contributed by atoms with Crippen molar-refractivity contribution in [3.8, 4) is 0 Å². The first-order valence-corrected chi connectivity index (χ1v) is 19.0. The zero-order valence-electron chi connectivity index (χ0n) is 15.0. The van der Waals surface area contributed by atoms with Crippen molar-refractivity contribution in [3.05, 3.63) is 82.9 Å². The van der Waals surface area contributed by atoms with Crippen molar-refractivity contribution >= 4 is 18.8 Å². The van der Waals surface area contributed by atoms with Gasteiger partial charge in [0.2, 0.25) is 0 Å². The first-order chi connectivity index (χ1) is 11.4. The van der Waals surface area contributed by atoms with Crippen LogP contribution in [-0.2, 0) is 20.9 Å². The van der Waals surface area contributed by atoms with E-state index in [2.05, 4.69) is 79.4 Å². The SMILES string of the molecule is CC.C[SiH2][Zr+2]([CH]1C=Cc2ccccc21)[CH]1C=Cc2ccccc21.[Cl-].[Cl-]. The van der Waals surface area contributed by atoms with Gasteiger partial charge in [-0.1, -0.05) is 13.8 Å². The molecule has 0 aliphatic heterocycles. The van der Waals surface area contributed by atoms with Crippen LogP contribution in [0.2, 0.25) is 6.55 Å². The zero-order valence-corrected chi connectivity index (χ0v) is 20.4. The minimum Gasteiger partial charge on any atom is -1.00 e. The van der Waals surface area contributed by atoms with E-state index in [-0.39, 0.29) is 31.5 Å². The molecule has 25 heavy (non-hydrogen) atoms. The van der Waals surface area contributed by atoms with Crippen molar-refractivity contribution in [2.24, 2.45) is 0 Å². The minimum absolute atomic E-state index is 0. The predicted octanol–water partition coefficient (Wildman–Crippen LogP) is -0.693. The summed E-state index contributed by atoms with van der Waals surface area (Å²) in [6.45, 7) is 6.64. The Hall–Kier alpha value is -0.400. The molecule has 2 aliphatic rings. The summed E-state index contributed by atoms with van der Waals surface area (Å²) in [5, 5.41) is 0. The van der Waals surface area contributed by atoms with E-state index in [0.29, 0.717) is 0 Å². The maximum Gasteiger partial charge on any atom is -1.00 e. The molecule has 0 saturated carbocycles. The van der Waals surface area contributed by atoms with E-state index >= 15 is 0 Å². The zero-order chi connectivity index (χ0) is 16.2. The Labute approximate surface area is 174 Å². The van der Waals surface area contributed by atoms with E-state index < -0.39 is 20.9 Å². The molecule has 2 aromatic rings. The van der Waals surface area contributed by atoms with Crippen molar-refractivity contribution in [2.75, 3.05) is 0 Å². The van der Waals surface area contributed by atoms with Gasteiger partial charge >= 0.3 is 136 Å². The molecule has 0 N–H and O–H groups in total. The molecule has 4 rings (SSSR count). The fraction of sp³-hybridized carbons (Fsp3) is 0.238. The van der Waals surface area contributed by atoms with Gasteiger partial charge in [-0.25, -0.2) is 0 Å². The average molecular weight is 468 g/mol. The third-order valence-electron chi connectivity index (χ3n) is 4.81. The second-order valence-corrected chi connectivity index (χ2v) is 22.5. The Bertz CT molecular complexity index is 681. The van der Waals surface area contributed by atoms with Gasteiger partial charge in [0.05, 0.1) is 0 Å². The number of halogens is 2. The maximum atomic E-state index is 2.55. The molecule has 2 atom stereocenters. The minimum atomic E-state index is -1.50. The first-order valence-electron chi connectivity index (χ1n) is 8.78. The molecule has 0 nitrogen and oxygen atoms in total. The molecule has 0 saturated heterocycles. The predicted molar refractivity (Wildman–Crippen MR) is 102 cm³/mol. The quantitative estimate of drug-likeness (QED) is 0.525. The van der Waals surface area contributed by atoms with Crippen LogP contribution in [0.1, 0.15) is 43.4 Å². The van der Waals surface area contributed by atoms with Crippen molar-refractivity contribution in [2.45, 2.75) is 27.6 Å². The molecule has 0 aromatic heterocycles. The van der Waals surface area contributed by atoms with Crippen LogP contribution in [0.3, 0.4) is 0 Å². The summed E-state index contributed by atoms with van der Waals surface area (Å²) in [5.41, 5.74) is 6.19. The Morgan fingerprint density at radius 1 is 0.720 bits per heavy atom. The standard InChI is InChI=1S/2C9H7.C2H6.CH5Si.2ClH.Zr/c2*1-2-5-9-7-3-6-8(9)4-1;2*1-2;;;/h2*1-7H;1-2H3;2H2,1H3;2*1H;/q;;;;;;+2/p-2. The molecule has 0 spiro atoms. The number of allylic oxidation sites excluding steroid dienone is 2. The molecule has 0 radical (unpaired) electrons. The van der Waals surface area contributed by atoms with E-state index in [4.69, 9.17) is 0 Å². The van der Waals surface area contributed by atoms with Gasteiger partial charge in [-0.05, 0) is 0 Å². The number of rotatable bonds is 3. The molecule has 2 aliphatic carbocycles. The smallest absolute Gasteiger partial charge is 1.00 e. The Morgan fingerprint density at radius 2 is 1.12 bits per heavy atom. The van der Waals surface area contributed by atoms with Crippen molar-refractivity contribution < 1.29 is 45.7 Å². The topological polar surface area (TPSA) is 0 Å². The van der Waals surface area contributed by atoms with Crippen LogP contribution in [0.5, 0.6) is 0 Å². The molecule has 131 valence electrons. The van der Waals surface area contributed by atoms with Gasteiger partial charge in [0.15, 0.2) is 0 Å². The molecule has 0 amide bonds. The van der Waals surface area contributed by atoms with E-state index in [1.165, 1.54) is 11.1 Å². The largest absolute Gasteiger partial charge is 1.00 e. The van der Waals surface area contributed by atoms with E-state index in [1.54, 1.807) is 11.1 Å². The molecule has 2 aromatic carbocycles. The van der Waals surface area contributed by atoms with Gasteiger partial charge < -0.3 is 24.8 Å². The molecule has 4 heteroatoms. The fourth-order valence-corrected chi connectivity index (χ4v) is 21.3. The van der Waals surface area contributed by atoms with Crippen LogP contribution in [0.25, 0.3) is 12.2 Å². The third-order valence-corrected chi connectivity index (χ3v) is 23.3. The van der Waals surface area contributed by atoms with Crippen LogP contribution in [0.4, 0.5) is 0 Å². The molecule has 0 bridgehead atoms. The Kier molecular flexibility index (Phi) is 9.67. The number of hydrogen-bond acceptors (Lipinski definition) is 0. The van der Waals surface area contributed by atoms with Gasteiger partial charge in [-0.3, -0.25) is 0 Å². The normalized spacial score (nSPS) is 18.7. The van der Waals surface area contributed by atoms with Gasteiger partial charge in [-0.2, -0.15) is 0 Å². The monoisotopic (exact) mass is 465 g/mol. The summed E-state index contributed by atoms with van der Waals surface area (Å²) in [7, 11) is 0. The van der Waals surface area contributed by atoms with Crippen LogP contribution >= 0.6 is 0 Å². The number of fused-ring (bicyclic) bond motifs is 2. The van der Waals surface area contributed by atoms with E-state index in [1.807, 2.05) is 13.8 Å². The fourth-order valence-electron chi connectivity index (χ4n) is 3.78. The van der Waals surface area contributed by atoms with Crippen molar-refractivity contribution in [1.82, 2.24) is 0 Å². The Balaban J connectivity index is 0.000000755. The first kappa shape index (κ1) is 22.6. The van der Waals surface area contributed by atoms with Gasteiger partial charge in [0.25, 0.3) is 0 Å². The van der Waals surface area contributed by atoms with E-state index in [0.717, 1.165) is 7.25 Å². The Morgan fingerprint density at radius 3 is 1.52 bits per heavy atom. The summed E-state index contributed by atoms with van der Waals surface area (Å²) in [4.78, 5) is 0. The molecule has 0 fully saturated rings. The van der Waals surface area contributed by atoms with Crippen molar-refractivity contribution in [3.63, 3.8) is 0 Å². The van der Waals surface area contributed by atoms with Crippen molar-refractivity contribution in [1.29, 1.82) is 0 Å². The van der Waals surface area contributed by atoms with Crippen LogP contribution in [0, 0.1) is 0 Å². The summed E-state index contributed by atoms with van der Waals surface area (Å²) in [6, 6.07) is 18.1. The van der Waals surface area contributed by atoms with Crippen LogP contribution in [-0.4, -0.2) is 6.65 Å². The summed E-state index contributed by atoms with van der Waals surface area (Å²) in [5.74, 6) is 0. The molecular weight excluding hydrogens is 442 g/mol. The third kappa shape index (κ3) is 4.48. The summed E-state index contributed by atoms with van der Waals surface area (Å²) >= 11 is -1.50. The van der Waals surface area contributed by atoms with Gasteiger partial charge in [-0.15, -0.1) is 0 Å². The van der Waals surface area contributed by atoms with E-state index in [9.17, 15) is 0 Å². The molecule has 0 heterocycles. The summed E-state index contributed by atoms with van der Waals surface area (Å²) < 4.78 is 1.61. The summed E-state index contributed by atoms with van der Waals surface area (Å²) in [6.07, 6.45) is 9.81. The molecule has 2 unspecified atom stereocenters. The van der Waals surface area contributed by atoms with Gasteiger partial charge in [0, 0.05) is 0 Å². The van der Waals surface area contributed by atoms with Crippen LogP contribution < -0.4 is 24.8 Å². The molecular formula is C21H25Cl2SiZr. The van der Waals surface area contributed by atoms with Crippen LogP contribution in [0.15, 0.2) is 60.7 Å². The average Bonchev–Trinajstić information content (AvgIpc) is 3.23. The van der Waals surface area contributed by atoms with Gasteiger partial charge in [0.1, 0.15) is 0 Å². The maximum absolute atomic E-state index is 2.55. The second-order valence-electron chi connectivity index (χ2n) is 5.86. The second kappa shape index (κ2) is 10.7. The number of benzene rings is 2.